The lowest BCUT2D eigenvalue weighted by molar-refractivity contribution is -0.137. The third-order valence-corrected chi connectivity index (χ3v) is 5.54. The zero-order valence-electron chi connectivity index (χ0n) is 15.8. The van der Waals surface area contributed by atoms with Crippen molar-refractivity contribution in [2.45, 2.75) is 31.2 Å². The maximum atomic E-state index is 12.7. The van der Waals surface area contributed by atoms with Crippen molar-refractivity contribution in [1.82, 2.24) is 14.7 Å². The maximum Gasteiger partial charge on any atom is 0.416 e. The topological polar surface area (TPSA) is 41.3 Å². The van der Waals surface area contributed by atoms with E-state index in [0.717, 1.165) is 24.4 Å². The summed E-state index contributed by atoms with van der Waals surface area (Å²) in [6.45, 7) is 2.12. The molecule has 1 aliphatic heterocycles. The fourth-order valence-corrected chi connectivity index (χ4v) is 3.77. The third kappa shape index (κ3) is 4.36. The van der Waals surface area contributed by atoms with E-state index in [9.17, 15) is 18.3 Å². The highest BCUT2D eigenvalue weighted by Crippen LogP contribution is 2.35. The van der Waals surface area contributed by atoms with Crippen LogP contribution < -0.4 is 0 Å². The number of likely N-dealkylation sites (tertiary alicyclic amines) is 1. The maximum absolute atomic E-state index is 12.7. The normalized spacial score (nSPS) is 17.4. The lowest BCUT2D eigenvalue weighted by atomic mass is 9.84. The van der Waals surface area contributed by atoms with Crippen LogP contribution in [0.4, 0.5) is 13.2 Å². The Morgan fingerprint density at radius 3 is 2.17 bits per heavy atom. The molecule has 152 valence electrons. The van der Waals surface area contributed by atoms with E-state index in [1.165, 1.54) is 17.7 Å². The summed E-state index contributed by atoms with van der Waals surface area (Å²) >= 11 is 0. The average molecular weight is 401 g/mol. The molecule has 0 unspecified atom stereocenters. The van der Waals surface area contributed by atoms with E-state index in [4.69, 9.17) is 0 Å². The van der Waals surface area contributed by atoms with Gasteiger partial charge in [-0.3, -0.25) is 4.90 Å². The first-order valence-electron chi connectivity index (χ1n) is 9.55. The Balaban J connectivity index is 1.36. The lowest BCUT2D eigenvalue weighted by Gasteiger charge is -2.38. The zero-order valence-corrected chi connectivity index (χ0v) is 15.8. The number of nitrogens with zero attached hydrogens (tertiary/aromatic N) is 3. The van der Waals surface area contributed by atoms with Gasteiger partial charge >= 0.3 is 6.18 Å². The van der Waals surface area contributed by atoms with Gasteiger partial charge in [0.05, 0.1) is 16.9 Å². The van der Waals surface area contributed by atoms with E-state index in [-0.39, 0.29) is 0 Å². The molecule has 1 aromatic heterocycles. The van der Waals surface area contributed by atoms with Crippen LogP contribution >= 0.6 is 0 Å². The number of halogens is 3. The average Bonchev–Trinajstić information content (AvgIpc) is 3.25. The van der Waals surface area contributed by atoms with Gasteiger partial charge in [-0.2, -0.15) is 18.3 Å². The lowest BCUT2D eigenvalue weighted by Crippen LogP contribution is -2.42. The van der Waals surface area contributed by atoms with Crippen molar-refractivity contribution in [3.8, 4) is 5.69 Å². The Kier molecular flexibility index (Phi) is 5.19. The summed E-state index contributed by atoms with van der Waals surface area (Å²) in [7, 11) is 0. The smallest absolute Gasteiger partial charge is 0.385 e. The molecule has 0 bridgehead atoms. The van der Waals surface area contributed by atoms with E-state index in [1.807, 2.05) is 24.4 Å². The number of rotatable bonds is 4. The second kappa shape index (κ2) is 7.65. The Labute approximate surface area is 167 Å². The van der Waals surface area contributed by atoms with Crippen molar-refractivity contribution < 1.29 is 18.3 Å². The summed E-state index contributed by atoms with van der Waals surface area (Å²) < 4.78 is 40.0. The predicted molar refractivity (Wildman–Crippen MR) is 103 cm³/mol. The number of benzene rings is 2. The summed E-state index contributed by atoms with van der Waals surface area (Å²) in [5.74, 6) is 0. The highest BCUT2D eigenvalue weighted by atomic mass is 19.4. The molecule has 0 amide bonds. The number of alkyl halides is 3. The summed E-state index contributed by atoms with van der Waals surface area (Å²) in [6.07, 6.45) is 0.242. The quantitative estimate of drug-likeness (QED) is 0.706. The van der Waals surface area contributed by atoms with Crippen molar-refractivity contribution in [3.05, 3.63) is 83.7 Å². The largest absolute Gasteiger partial charge is 0.416 e. The first-order chi connectivity index (χ1) is 13.8. The summed E-state index contributed by atoms with van der Waals surface area (Å²) in [4.78, 5) is 2.25. The van der Waals surface area contributed by atoms with Gasteiger partial charge in [0.2, 0.25) is 0 Å². The van der Waals surface area contributed by atoms with E-state index in [2.05, 4.69) is 22.1 Å². The second-order valence-corrected chi connectivity index (χ2v) is 7.50. The van der Waals surface area contributed by atoms with Gasteiger partial charge in [0.25, 0.3) is 0 Å². The number of hydrogen-bond acceptors (Lipinski definition) is 3. The molecular formula is C22H22F3N3O. The van der Waals surface area contributed by atoms with E-state index in [0.29, 0.717) is 31.5 Å². The molecule has 2 aromatic carbocycles. The van der Waals surface area contributed by atoms with Crippen LogP contribution in [0.15, 0.2) is 67.0 Å². The molecule has 7 heteroatoms. The Morgan fingerprint density at radius 2 is 1.62 bits per heavy atom. The summed E-state index contributed by atoms with van der Waals surface area (Å²) in [6, 6.07) is 14.9. The Hall–Kier alpha value is -2.64. The molecule has 4 nitrogen and oxygen atoms in total. The molecule has 0 aliphatic carbocycles. The summed E-state index contributed by atoms with van der Waals surface area (Å²) in [5.41, 5.74) is 0.939. The molecule has 0 radical (unpaired) electrons. The van der Waals surface area contributed by atoms with Crippen LogP contribution in [0.2, 0.25) is 0 Å². The standard InChI is InChI=1S/C22H22F3N3O/c23-22(24,25)19-6-4-18(5-7-19)21(29)10-14-27(15-11-21)16-17-2-8-20(9-3-17)28-13-1-12-26-28/h1-9,12-13,29H,10-11,14-16H2. The molecule has 1 aliphatic rings. The summed E-state index contributed by atoms with van der Waals surface area (Å²) in [5, 5.41) is 15.2. The number of aromatic nitrogens is 2. The molecule has 0 saturated carbocycles. The van der Waals surface area contributed by atoms with Crippen LogP contribution in [0.5, 0.6) is 0 Å². The first-order valence-corrected chi connectivity index (χ1v) is 9.55. The minimum Gasteiger partial charge on any atom is -0.385 e. The van der Waals surface area contributed by atoms with E-state index in [1.54, 1.807) is 10.9 Å². The van der Waals surface area contributed by atoms with Crippen LogP contribution in [0.1, 0.15) is 29.5 Å². The molecule has 2 heterocycles. The third-order valence-electron chi connectivity index (χ3n) is 5.54. The highest BCUT2D eigenvalue weighted by Gasteiger charge is 2.35. The van der Waals surface area contributed by atoms with Gasteiger partial charge in [-0.1, -0.05) is 24.3 Å². The van der Waals surface area contributed by atoms with Crippen LogP contribution in [-0.2, 0) is 18.3 Å². The molecule has 29 heavy (non-hydrogen) atoms. The van der Waals surface area contributed by atoms with Gasteiger partial charge in [0.1, 0.15) is 0 Å². The minimum atomic E-state index is -4.36. The van der Waals surface area contributed by atoms with Gasteiger partial charge in [0, 0.05) is 32.0 Å². The molecule has 3 aromatic rings. The van der Waals surface area contributed by atoms with Crippen LogP contribution in [0, 0.1) is 0 Å². The highest BCUT2D eigenvalue weighted by molar-refractivity contribution is 5.34. The Bertz CT molecular complexity index is 927. The first kappa shape index (κ1) is 19.7. The van der Waals surface area contributed by atoms with Crippen molar-refractivity contribution in [2.24, 2.45) is 0 Å². The van der Waals surface area contributed by atoms with Crippen LogP contribution in [-0.4, -0.2) is 32.9 Å². The monoisotopic (exact) mass is 401 g/mol. The Morgan fingerprint density at radius 1 is 0.966 bits per heavy atom. The number of hydrogen-bond donors (Lipinski definition) is 1. The van der Waals surface area contributed by atoms with Gasteiger partial charge in [-0.15, -0.1) is 0 Å². The molecular weight excluding hydrogens is 379 g/mol. The van der Waals surface area contributed by atoms with Crippen molar-refractivity contribution in [2.75, 3.05) is 13.1 Å². The van der Waals surface area contributed by atoms with Crippen molar-refractivity contribution >= 4 is 0 Å². The number of aliphatic hydroxyl groups is 1. The van der Waals surface area contributed by atoms with E-state index < -0.39 is 17.3 Å². The fraction of sp³-hybridized carbons (Fsp3) is 0.318. The number of piperidine rings is 1. The predicted octanol–water partition coefficient (Wildman–Crippen LogP) is 4.37. The molecule has 0 atom stereocenters. The van der Waals surface area contributed by atoms with Crippen LogP contribution in [0.3, 0.4) is 0 Å². The molecule has 1 fully saturated rings. The van der Waals surface area contributed by atoms with Crippen molar-refractivity contribution in [3.63, 3.8) is 0 Å². The second-order valence-electron chi connectivity index (χ2n) is 7.50. The molecule has 4 rings (SSSR count). The van der Waals surface area contributed by atoms with Gasteiger partial charge in [-0.05, 0) is 54.3 Å². The molecule has 1 saturated heterocycles. The van der Waals surface area contributed by atoms with Gasteiger partial charge in [-0.25, -0.2) is 4.68 Å². The van der Waals surface area contributed by atoms with Gasteiger partial charge < -0.3 is 5.11 Å². The van der Waals surface area contributed by atoms with Crippen molar-refractivity contribution in [1.29, 1.82) is 0 Å². The molecule has 0 spiro atoms. The zero-order chi connectivity index (χ0) is 20.5. The SMILES string of the molecule is OC1(c2ccc(C(F)(F)F)cc2)CCN(Cc2ccc(-n3cccn3)cc2)CC1. The van der Waals surface area contributed by atoms with Crippen LogP contribution in [0.25, 0.3) is 5.69 Å². The minimum absolute atomic E-state index is 0.490. The van der Waals surface area contributed by atoms with Gasteiger partial charge in [0.15, 0.2) is 0 Å². The molecule has 1 N–H and O–H groups in total. The fourth-order valence-electron chi connectivity index (χ4n) is 3.77. The van der Waals surface area contributed by atoms with E-state index >= 15 is 0 Å².